The smallest absolute Gasteiger partial charge is 0.272 e. The zero-order valence-electron chi connectivity index (χ0n) is 20.9. The van der Waals surface area contributed by atoms with Gasteiger partial charge in [0.1, 0.15) is 24.7 Å². The molecule has 0 aromatic heterocycles. The van der Waals surface area contributed by atoms with Gasteiger partial charge in [-0.25, -0.2) is 0 Å². The third-order valence-electron chi connectivity index (χ3n) is 6.83. The monoisotopic (exact) mass is 498 g/mol. The van der Waals surface area contributed by atoms with Crippen LogP contribution < -0.4 is 9.47 Å². The summed E-state index contributed by atoms with van der Waals surface area (Å²) in [6.45, 7) is 8.18. The van der Waals surface area contributed by atoms with Crippen molar-refractivity contribution in [3.05, 3.63) is 71.2 Å². The van der Waals surface area contributed by atoms with Crippen molar-refractivity contribution in [2.75, 3.05) is 67.1 Å². The van der Waals surface area contributed by atoms with Crippen molar-refractivity contribution >= 4 is 0 Å². The van der Waals surface area contributed by atoms with Crippen molar-refractivity contribution in [3.63, 3.8) is 0 Å². The molecule has 1 heterocycles. The lowest BCUT2D eigenvalue weighted by atomic mass is 9.61. The highest BCUT2D eigenvalue weighted by molar-refractivity contribution is 5.61. The van der Waals surface area contributed by atoms with Crippen LogP contribution in [0.25, 0.3) is 0 Å². The largest absolute Gasteiger partial charge is 0.491 e. The molecule has 0 saturated carbocycles. The van der Waals surface area contributed by atoms with Crippen molar-refractivity contribution in [2.24, 2.45) is 0 Å². The molecule has 2 aromatic rings. The van der Waals surface area contributed by atoms with Gasteiger partial charge in [0.25, 0.3) is 5.95 Å². The Kier molecular flexibility index (Phi) is 7.96. The average Bonchev–Trinajstić information content (AvgIpc) is 3.29. The van der Waals surface area contributed by atoms with Crippen LogP contribution in [0.2, 0.25) is 0 Å². The summed E-state index contributed by atoms with van der Waals surface area (Å²) in [5, 5.41) is 0. The predicted molar refractivity (Wildman–Crippen MR) is 132 cm³/mol. The molecule has 194 valence electrons. The van der Waals surface area contributed by atoms with Gasteiger partial charge in [0.15, 0.2) is 12.2 Å². The van der Waals surface area contributed by atoms with E-state index in [2.05, 4.69) is 30.8 Å². The van der Waals surface area contributed by atoms with E-state index in [-0.39, 0.29) is 24.0 Å². The molecule has 4 atom stereocenters. The van der Waals surface area contributed by atoms with Gasteiger partial charge < -0.3 is 37.9 Å². The van der Waals surface area contributed by atoms with Crippen molar-refractivity contribution in [2.45, 2.75) is 24.0 Å². The first kappa shape index (κ1) is 24.9. The van der Waals surface area contributed by atoms with Crippen LogP contribution in [0.4, 0.5) is 0 Å². The summed E-state index contributed by atoms with van der Waals surface area (Å²) in [5.74, 6) is 2.08. The zero-order chi connectivity index (χ0) is 24.9. The summed E-state index contributed by atoms with van der Waals surface area (Å²) in [7, 11) is 3.32. The lowest BCUT2D eigenvalue weighted by Crippen LogP contribution is -2.45. The Bertz CT molecular complexity index is 972. The van der Waals surface area contributed by atoms with E-state index in [0.29, 0.717) is 58.8 Å². The van der Waals surface area contributed by atoms with Crippen LogP contribution in [0.15, 0.2) is 48.9 Å². The fraction of sp³-hybridized carbons (Fsp3) is 0.500. The van der Waals surface area contributed by atoms with E-state index in [1.54, 1.807) is 14.2 Å². The Hall–Kier alpha value is -2.78. The number of hydrogen-bond donors (Lipinski definition) is 0. The molecule has 36 heavy (non-hydrogen) atoms. The highest BCUT2D eigenvalue weighted by Gasteiger charge is 2.56. The van der Waals surface area contributed by atoms with Crippen LogP contribution in [0.3, 0.4) is 0 Å². The Morgan fingerprint density at radius 3 is 1.50 bits per heavy atom. The number of hydrogen-bond acceptors (Lipinski definition) is 8. The Morgan fingerprint density at radius 1 is 0.611 bits per heavy atom. The summed E-state index contributed by atoms with van der Waals surface area (Å²) >= 11 is 0. The molecule has 1 aliphatic heterocycles. The van der Waals surface area contributed by atoms with Gasteiger partial charge in [0, 0.05) is 14.2 Å². The minimum absolute atomic E-state index is 0.0252. The summed E-state index contributed by atoms with van der Waals surface area (Å²) < 4.78 is 45.2. The maximum atomic E-state index is 6.08. The molecule has 8 nitrogen and oxygen atoms in total. The van der Waals surface area contributed by atoms with E-state index < -0.39 is 0 Å². The molecular formula is C28H34O8. The van der Waals surface area contributed by atoms with Crippen LogP contribution in [-0.4, -0.2) is 79.3 Å². The minimum Gasteiger partial charge on any atom is -0.491 e. The molecule has 2 bridgehead atoms. The van der Waals surface area contributed by atoms with Crippen LogP contribution in [0.5, 0.6) is 11.5 Å². The number of rotatable bonds is 14. The first-order valence-electron chi connectivity index (χ1n) is 12.4. The minimum atomic E-state index is -0.115. The second-order valence-electron chi connectivity index (χ2n) is 8.98. The molecule has 2 aromatic carbocycles. The molecule has 6 rings (SSSR count). The second kappa shape index (κ2) is 11.5. The molecule has 0 amide bonds. The molecular weight excluding hydrogens is 464 g/mol. The molecule has 0 radical (unpaired) electrons. The quantitative estimate of drug-likeness (QED) is 0.366. The first-order chi connectivity index (χ1) is 17.7. The molecule has 4 aliphatic rings. The van der Waals surface area contributed by atoms with Gasteiger partial charge in [-0.05, 0) is 53.1 Å². The average molecular weight is 499 g/mol. The number of benzene rings is 2. The third kappa shape index (κ3) is 5.04. The summed E-state index contributed by atoms with van der Waals surface area (Å²) in [6, 6.07) is 12.6. The molecule has 1 fully saturated rings. The lowest BCUT2D eigenvalue weighted by Gasteiger charge is -2.45. The summed E-state index contributed by atoms with van der Waals surface area (Å²) in [6.07, 6.45) is -0.229. The van der Waals surface area contributed by atoms with E-state index >= 15 is 0 Å². The molecule has 8 heteroatoms. The van der Waals surface area contributed by atoms with E-state index in [4.69, 9.17) is 37.9 Å². The van der Waals surface area contributed by atoms with E-state index in [1.807, 2.05) is 12.1 Å². The maximum Gasteiger partial charge on any atom is 0.272 e. The van der Waals surface area contributed by atoms with Gasteiger partial charge in [-0.2, -0.15) is 0 Å². The van der Waals surface area contributed by atoms with Gasteiger partial charge in [-0.1, -0.05) is 12.1 Å². The van der Waals surface area contributed by atoms with Gasteiger partial charge in [0.05, 0.1) is 51.5 Å². The summed E-state index contributed by atoms with van der Waals surface area (Å²) in [4.78, 5) is 0. The normalized spacial score (nSPS) is 22.9. The fourth-order valence-electron chi connectivity index (χ4n) is 5.34. The molecule has 1 saturated heterocycles. The van der Waals surface area contributed by atoms with E-state index in [1.165, 1.54) is 22.3 Å². The zero-order valence-corrected chi connectivity index (χ0v) is 20.9. The van der Waals surface area contributed by atoms with Crippen molar-refractivity contribution < 1.29 is 37.9 Å². The van der Waals surface area contributed by atoms with Gasteiger partial charge in [-0.3, -0.25) is 0 Å². The molecule has 2 unspecified atom stereocenters. The first-order valence-corrected chi connectivity index (χ1v) is 12.4. The van der Waals surface area contributed by atoms with Crippen LogP contribution >= 0.6 is 0 Å². The Morgan fingerprint density at radius 2 is 1.06 bits per heavy atom. The SMILES string of the molecule is C=C1OC2C(O1)[C@@H]1c3ccc(OCCOCCOC)cc3[C@H]2c2ccc(OCCOCCOC)cc21. The van der Waals surface area contributed by atoms with Gasteiger partial charge in [-0.15, -0.1) is 0 Å². The number of methoxy groups -OCH3 is 2. The standard InChI is InChI=1S/C28H34O8/c1-18-35-27-25-22-7-5-20(34-15-13-32-11-9-30-3)17-24(22)26(28(27)36-18)21-6-4-19(16-23(21)25)33-14-12-31-10-8-29-2/h4-7,16-17,25-28H,1,8-15H2,2-3H3/t25-,26-,27?,28?/m1/s1. The lowest BCUT2D eigenvalue weighted by molar-refractivity contribution is 0.0542. The fourth-order valence-corrected chi connectivity index (χ4v) is 5.34. The Balaban J connectivity index is 1.32. The highest BCUT2D eigenvalue weighted by atomic mass is 16.7. The van der Waals surface area contributed by atoms with Crippen LogP contribution in [0, 0.1) is 0 Å². The van der Waals surface area contributed by atoms with Crippen LogP contribution in [0.1, 0.15) is 34.1 Å². The molecule has 0 spiro atoms. The molecule has 0 N–H and O–H groups in total. The van der Waals surface area contributed by atoms with Crippen molar-refractivity contribution in [3.8, 4) is 11.5 Å². The second-order valence-corrected chi connectivity index (χ2v) is 8.98. The predicted octanol–water partition coefficient (Wildman–Crippen LogP) is 3.62. The summed E-state index contributed by atoms with van der Waals surface area (Å²) in [5.41, 5.74) is 4.89. The topological polar surface area (TPSA) is 73.8 Å². The van der Waals surface area contributed by atoms with E-state index in [9.17, 15) is 0 Å². The third-order valence-corrected chi connectivity index (χ3v) is 6.83. The van der Waals surface area contributed by atoms with Gasteiger partial charge in [0.2, 0.25) is 0 Å². The van der Waals surface area contributed by atoms with E-state index in [0.717, 1.165) is 11.5 Å². The maximum absolute atomic E-state index is 6.08. The van der Waals surface area contributed by atoms with Crippen molar-refractivity contribution in [1.29, 1.82) is 0 Å². The molecule has 3 aliphatic carbocycles. The van der Waals surface area contributed by atoms with Gasteiger partial charge >= 0.3 is 0 Å². The Labute approximate surface area is 212 Å². The number of ether oxygens (including phenoxy) is 8. The van der Waals surface area contributed by atoms with Crippen LogP contribution in [-0.2, 0) is 28.4 Å². The highest BCUT2D eigenvalue weighted by Crippen LogP contribution is 2.58. The van der Waals surface area contributed by atoms with Crippen molar-refractivity contribution in [1.82, 2.24) is 0 Å².